The topological polar surface area (TPSA) is 38.9 Å². The van der Waals surface area contributed by atoms with Crippen LogP contribution in [0.1, 0.15) is 24.6 Å². The molecule has 0 spiro atoms. The quantitative estimate of drug-likeness (QED) is 0.868. The van der Waals surface area contributed by atoms with Crippen LogP contribution in [0, 0.1) is 11.7 Å². The molecular weight excluding hydrogens is 235 g/mol. The van der Waals surface area contributed by atoms with Crippen LogP contribution in [0.2, 0.25) is 0 Å². The Labute approximate surface area is 84.5 Å². The fourth-order valence-electron chi connectivity index (χ4n) is 1.35. The smallest absolute Gasteiger partial charge is 0.147 e. The van der Waals surface area contributed by atoms with Gasteiger partial charge in [-0.3, -0.25) is 4.98 Å². The molecule has 1 atom stereocenters. The van der Waals surface area contributed by atoms with Gasteiger partial charge in [0.15, 0.2) is 0 Å². The summed E-state index contributed by atoms with van der Waals surface area (Å²) in [5, 5.41) is 0. The fraction of sp³-hybridized carbons (Fsp3) is 0.444. The van der Waals surface area contributed by atoms with Crippen molar-refractivity contribution in [3.05, 3.63) is 28.2 Å². The summed E-state index contributed by atoms with van der Waals surface area (Å²) in [6, 6.07) is 1.18. The van der Waals surface area contributed by atoms with Gasteiger partial charge in [0.1, 0.15) is 5.82 Å². The number of hydrogen-bond donors (Lipinski definition) is 1. The van der Waals surface area contributed by atoms with Gasteiger partial charge in [-0.15, -0.1) is 0 Å². The fourth-order valence-corrected chi connectivity index (χ4v) is 1.65. The first-order valence-corrected chi connectivity index (χ1v) is 5.04. The zero-order valence-electron chi connectivity index (χ0n) is 7.00. The molecule has 1 fully saturated rings. The third kappa shape index (κ3) is 1.89. The molecule has 1 aromatic rings. The molecule has 1 aromatic heterocycles. The Morgan fingerprint density at radius 2 is 2.31 bits per heavy atom. The molecule has 1 aliphatic rings. The summed E-state index contributed by atoms with van der Waals surface area (Å²) in [7, 11) is 0. The third-order valence-electron chi connectivity index (χ3n) is 2.28. The summed E-state index contributed by atoms with van der Waals surface area (Å²) >= 11 is 3.15. The predicted molar refractivity (Wildman–Crippen MR) is 51.5 cm³/mol. The van der Waals surface area contributed by atoms with Crippen molar-refractivity contribution in [3.8, 4) is 0 Å². The predicted octanol–water partition coefficient (Wildman–Crippen LogP) is 2.39. The zero-order chi connectivity index (χ0) is 9.42. The van der Waals surface area contributed by atoms with Gasteiger partial charge in [-0.25, -0.2) is 4.39 Å². The molecule has 0 bridgehead atoms. The highest BCUT2D eigenvalue weighted by atomic mass is 79.9. The molecule has 0 radical (unpaired) electrons. The maximum absolute atomic E-state index is 13.3. The molecule has 0 saturated heterocycles. The molecule has 0 aliphatic heterocycles. The molecule has 70 valence electrons. The summed E-state index contributed by atoms with van der Waals surface area (Å²) in [6.07, 6.45) is 3.78. The Morgan fingerprint density at radius 3 is 2.85 bits per heavy atom. The molecule has 4 heteroatoms. The Kier molecular flexibility index (Phi) is 2.34. The number of hydrogen-bond acceptors (Lipinski definition) is 2. The summed E-state index contributed by atoms with van der Waals surface area (Å²) in [5.41, 5.74) is 6.23. The molecule has 0 unspecified atom stereocenters. The van der Waals surface area contributed by atoms with Crippen LogP contribution in [0.3, 0.4) is 0 Å². The number of nitrogens with two attached hydrogens (primary N) is 1. The van der Waals surface area contributed by atoms with Gasteiger partial charge < -0.3 is 5.73 Å². The van der Waals surface area contributed by atoms with Gasteiger partial charge in [0.25, 0.3) is 0 Å². The van der Waals surface area contributed by atoms with Gasteiger partial charge in [-0.05, 0) is 40.8 Å². The Balaban J connectivity index is 2.28. The highest BCUT2D eigenvalue weighted by molar-refractivity contribution is 9.10. The molecule has 1 saturated carbocycles. The Hall–Kier alpha value is -0.480. The SMILES string of the molecule is N[C@H](c1ncc(Br)cc1F)C1CC1. The van der Waals surface area contributed by atoms with Crippen molar-refractivity contribution in [2.75, 3.05) is 0 Å². The monoisotopic (exact) mass is 244 g/mol. The lowest BCUT2D eigenvalue weighted by atomic mass is 10.1. The van der Waals surface area contributed by atoms with E-state index in [0.29, 0.717) is 16.1 Å². The molecule has 2 nitrogen and oxygen atoms in total. The molecule has 0 amide bonds. The van der Waals surface area contributed by atoms with E-state index in [4.69, 9.17) is 5.73 Å². The van der Waals surface area contributed by atoms with Crippen molar-refractivity contribution in [2.45, 2.75) is 18.9 Å². The second-order valence-electron chi connectivity index (χ2n) is 3.38. The van der Waals surface area contributed by atoms with Gasteiger partial charge in [0, 0.05) is 10.7 Å². The van der Waals surface area contributed by atoms with Crippen LogP contribution in [0.25, 0.3) is 0 Å². The largest absolute Gasteiger partial charge is 0.322 e. The van der Waals surface area contributed by atoms with Gasteiger partial charge in [0.2, 0.25) is 0 Å². The molecule has 2 rings (SSSR count). The van der Waals surface area contributed by atoms with Crippen LogP contribution in [-0.2, 0) is 0 Å². The summed E-state index contributed by atoms with van der Waals surface area (Å²) in [6.45, 7) is 0. The Morgan fingerprint density at radius 1 is 1.62 bits per heavy atom. The molecule has 2 N–H and O–H groups in total. The van der Waals surface area contributed by atoms with Gasteiger partial charge in [0.05, 0.1) is 11.7 Å². The first-order valence-electron chi connectivity index (χ1n) is 4.25. The summed E-state index contributed by atoms with van der Waals surface area (Å²) in [4.78, 5) is 3.99. The average Bonchev–Trinajstić information content (AvgIpc) is 2.85. The van der Waals surface area contributed by atoms with E-state index < -0.39 is 0 Å². The second-order valence-corrected chi connectivity index (χ2v) is 4.30. The van der Waals surface area contributed by atoms with E-state index in [1.807, 2.05) is 0 Å². The lowest BCUT2D eigenvalue weighted by Gasteiger charge is -2.10. The zero-order valence-corrected chi connectivity index (χ0v) is 8.59. The van der Waals surface area contributed by atoms with Crippen molar-refractivity contribution in [3.63, 3.8) is 0 Å². The molecule has 0 aromatic carbocycles. The van der Waals surface area contributed by atoms with Crippen LogP contribution in [0.15, 0.2) is 16.7 Å². The molecule has 13 heavy (non-hydrogen) atoms. The van der Waals surface area contributed by atoms with Gasteiger partial charge in [-0.2, -0.15) is 0 Å². The van der Waals surface area contributed by atoms with E-state index in [-0.39, 0.29) is 11.9 Å². The summed E-state index contributed by atoms with van der Waals surface area (Å²) < 4.78 is 14.0. The first kappa shape index (κ1) is 9.09. The number of aromatic nitrogens is 1. The van der Waals surface area contributed by atoms with E-state index in [9.17, 15) is 4.39 Å². The molecular formula is C9H10BrFN2. The van der Waals surface area contributed by atoms with Crippen molar-refractivity contribution in [1.82, 2.24) is 4.98 Å². The van der Waals surface area contributed by atoms with Crippen LogP contribution in [-0.4, -0.2) is 4.98 Å². The number of pyridine rings is 1. The number of nitrogens with zero attached hydrogens (tertiary/aromatic N) is 1. The van der Waals surface area contributed by atoms with E-state index in [1.165, 1.54) is 6.07 Å². The van der Waals surface area contributed by atoms with E-state index in [2.05, 4.69) is 20.9 Å². The third-order valence-corrected chi connectivity index (χ3v) is 2.72. The van der Waals surface area contributed by atoms with Crippen molar-refractivity contribution in [1.29, 1.82) is 0 Å². The maximum atomic E-state index is 13.3. The highest BCUT2D eigenvalue weighted by Gasteiger charge is 2.31. The van der Waals surface area contributed by atoms with Crippen LogP contribution >= 0.6 is 15.9 Å². The van der Waals surface area contributed by atoms with Crippen LogP contribution < -0.4 is 5.73 Å². The van der Waals surface area contributed by atoms with Crippen LogP contribution in [0.4, 0.5) is 4.39 Å². The standard InChI is InChI=1S/C9H10BrFN2/c10-6-3-7(11)9(13-4-6)8(12)5-1-2-5/h3-5,8H,1-2,12H2/t8-/m0/s1. The summed E-state index contributed by atoms with van der Waals surface area (Å²) in [5.74, 6) is 0.122. The van der Waals surface area contributed by atoms with Crippen LogP contribution in [0.5, 0.6) is 0 Å². The van der Waals surface area contributed by atoms with Crippen molar-refractivity contribution in [2.24, 2.45) is 11.7 Å². The molecule has 1 heterocycles. The first-order chi connectivity index (χ1) is 6.18. The minimum absolute atomic E-state index is 0.229. The lowest BCUT2D eigenvalue weighted by molar-refractivity contribution is 0.535. The minimum atomic E-state index is -0.311. The van der Waals surface area contributed by atoms with Gasteiger partial charge >= 0.3 is 0 Å². The van der Waals surface area contributed by atoms with E-state index in [0.717, 1.165) is 12.8 Å². The number of halogens is 2. The Bertz CT molecular complexity index is 325. The van der Waals surface area contributed by atoms with Crippen molar-refractivity contribution < 1.29 is 4.39 Å². The van der Waals surface area contributed by atoms with Crippen molar-refractivity contribution >= 4 is 15.9 Å². The minimum Gasteiger partial charge on any atom is -0.322 e. The second kappa shape index (κ2) is 3.35. The normalized spacial score (nSPS) is 18.7. The van der Waals surface area contributed by atoms with E-state index in [1.54, 1.807) is 6.20 Å². The number of rotatable bonds is 2. The maximum Gasteiger partial charge on any atom is 0.147 e. The average molecular weight is 245 g/mol. The van der Waals surface area contributed by atoms with E-state index >= 15 is 0 Å². The van der Waals surface area contributed by atoms with Gasteiger partial charge in [-0.1, -0.05) is 0 Å². The lowest BCUT2D eigenvalue weighted by Crippen LogP contribution is -2.15. The highest BCUT2D eigenvalue weighted by Crippen LogP contribution is 2.39. The molecule has 1 aliphatic carbocycles.